The Kier molecular flexibility index (Phi) is 4.48. The molecule has 1 aromatic carbocycles. The van der Waals surface area contributed by atoms with Crippen molar-refractivity contribution in [1.82, 2.24) is 10.1 Å². The number of carbonyl (C=O) groups is 1. The van der Waals surface area contributed by atoms with Crippen molar-refractivity contribution in [3.8, 4) is 0 Å². The summed E-state index contributed by atoms with van der Waals surface area (Å²) in [5, 5.41) is 14.4. The summed E-state index contributed by atoms with van der Waals surface area (Å²) in [6, 6.07) is 9.72. The van der Waals surface area contributed by atoms with Crippen molar-refractivity contribution >= 4 is 5.91 Å². The van der Waals surface area contributed by atoms with E-state index in [-0.39, 0.29) is 11.8 Å². The summed E-state index contributed by atoms with van der Waals surface area (Å²) in [6.45, 7) is 4.85. The Hall–Kier alpha value is -2.14. The fourth-order valence-electron chi connectivity index (χ4n) is 3.29. The molecule has 0 aliphatic carbocycles. The highest BCUT2D eigenvalue weighted by atomic mass is 16.5. The zero-order valence-electron chi connectivity index (χ0n) is 13.5. The van der Waals surface area contributed by atoms with Gasteiger partial charge in [0.2, 0.25) is 0 Å². The lowest BCUT2D eigenvalue weighted by molar-refractivity contribution is 0.0461. The van der Waals surface area contributed by atoms with E-state index in [2.05, 4.69) is 5.16 Å². The number of rotatable bonds is 3. The second-order valence-electron chi connectivity index (χ2n) is 6.18. The average Bonchev–Trinajstić information content (AvgIpc) is 2.93. The Bertz CT molecular complexity index is 653. The van der Waals surface area contributed by atoms with Gasteiger partial charge in [0.25, 0.3) is 5.91 Å². The van der Waals surface area contributed by atoms with Crippen LogP contribution in [0.5, 0.6) is 0 Å². The zero-order chi connectivity index (χ0) is 16.4. The van der Waals surface area contributed by atoms with Crippen LogP contribution in [0.2, 0.25) is 0 Å². The highest BCUT2D eigenvalue weighted by molar-refractivity contribution is 5.96. The minimum atomic E-state index is -0.465. The van der Waals surface area contributed by atoms with Gasteiger partial charge in [0.05, 0.1) is 11.8 Å². The van der Waals surface area contributed by atoms with Crippen molar-refractivity contribution in [2.24, 2.45) is 5.92 Å². The lowest BCUT2D eigenvalue weighted by atomic mass is 9.87. The number of hydrogen-bond donors (Lipinski definition) is 1. The summed E-state index contributed by atoms with van der Waals surface area (Å²) in [6.07, 6.45) is 1.13. The predicted molar refractivity (Wildman–Crippen MR) is 86.0 cm³/mol. The second-order valence-corrected chi connectivity index (χ2v) is 6.18. The smallest absolute Gasteiger partial charge is 0.259 e. The molecular formula is C18H22N2O3. The maximum absolute atomic E-state index is 12.6. The molecule has 2 heterocycles. The molecule has 0 spiro atoms. The highest BCUT2D eigenvalue weighted by Gasteiger charge is 2.30. The number of aliphatic hydroxyl groups is 1. The van der Waals surface area contributed by atoms with Gasteiger partial charge >= 0.3 is 0 Å². The third-order valence-corrected chi connectivity index (χ3v) is 4.66. The Morgan fingerprint density at radius 3 is 2.48 bits per heavy atom. The van der Waals surface area contributed by atoms with Crippen LogP contribution >= 0.6 is 0 Å². The van der Waals surface area contributed by atoms with E-state index < -0.39 is 6.10 Å². The summed E-state index contributed by atoms with van der Waals surface area (Å²) >= 11 is 0. The van der Waals surface area contributed by atoms with Crippen molar-refractivity contribution in [3.63, 3.8) is 0 Å². The van der Waals surface area contributed by atoms with Gasteiger partial charge in [-0.1, -0.05) is 35.5 Å². The van der Waals surface area contributed by atoms with Crippen molar-refractivity contribution in [2.45, 2.75) is 32.8 Å². The van der Waals surface area contributed by atoms with E-state index in [1.165, 1.54) is 0 Å². The quantitative estimate of drug-likeness (QED) is 0.946. The first kappa shape index (κ1) is 15.7. The Labute approximate surface area is 135 Å². The van der Waals surface area contributed by atoms with Crippen molar-refractivity contribution in [3.05, 3.63) is 52.9 Å². The number of aliphatic hydroxyl groups excluding tert-OH is 1. The van der Waals surface area contributed by atoms with Crippen LogP contribution in [-0.4, -0.2) is 34.2 Å². The van der Waals surface area contributed by atoms with Gasteiger partial charge in [-0.3, -0.25) is 4.79 Å². The lowest BCUT2D eigenvalue weighted by Crippen LogP contribution is -2.40. The molecule has 2 aromatic rings. The summed E-state index contributed by atoms with van der Waals surface area (Å²) in [7, 11) is 0. The maximum Gasteiger partial charge on any atom is 0.259 e. The number of aryl methyl sites for hydroxylation is 2. The van der Waals surface area contributed by atoms with Crippen LogP contribution in [0.25, 0.3) is 0 Å². The van der Waals surface area contributed by atoms with Gasteiger partial charge in [-0.05, 0) is 38.2 Å². The molecule has 1 fully saturated rings. The average molecular weight is 314 g/mol. The fraction of sp³-hybridized carbons (Fsp3) is 0.444. The zero-order valence-corrected chi connectivity index (χ0v) is 13.5. The van der Waals surface area contributed by atoms with Gasteiger partial charge in [0.15, 0.2) is 0 Å². The van der Waals surface area contributed by atoms with E-state index in [0.29, 0.717) is 30.1 Å². The molecule has 1 aliphatic heterocycles. The SMILES string of the molecule is Cc1noc(C)c1C(=O)N1CCC(C(O)c2ccccc2)CC1. The van der Waals surface area contributed by atoms with Gasteiger partial charge in [-0.2, -0.15) is 0 Å². The molecule has 0 radical (unpaired) electrons. The molecule has 1 atom stereocenters. The minimum Gasteiger partial charge on any atom is -0.388 e. The molecule has 3 rings (SSSR count). The van der Waals surface area contributed by atoms with Gasteiger partial charge in [-0.25, -0.2) is 0 Å². The van der Waals surface area contributed by atoms with Crippen LogP contribution in [0.15, 0.2) is 34.9 Å². The van der Waals surface area contributed by atoms with E-state index in [1.807, 2.05) is 35.2 Å². The number of amides is 1. The Balaban J connectivity index is 1.64. The first-order valence-corrected chi connectivity index (χ1v) is 8.03. The van der Waals surface area contributed by atoms with E-state index in [9.17, 15) is 9.90 Å². The second kappa shape index (κ2) is 6.54. The van der Waals surface area contributed by atoms with Gasteiger partial charge in [0, 0.05) is 13.1 Å². The van der Waals surface area contributed by atoms with Crippen LogP contribution in [0.1, 0.15) is 46.3 Å². The van der Waals surface area contributed by atoms with E-state index in [0.717, 1.165) is 18.4 Å². The molecular weight excluding hydrogens is 292 g/mol. The number of aromatic nitrogens is 1. The number of hydrogen-bond acceptors (Lipinski definition) is 4. The first-order valence-electron chi connectivity index (χ1n) is 8.03. The number of benzene rings is 1. The highest BCUT2D eigenvalue weighted by Crippen LogP contribution is 2.31. The molecule has 1 unspecified atom stereocenters. The number of piperidine rings is 1. The van der Waals surface area contributed by atoms with E-state index in [1.54, 1.807) is 13.8 Å². The molecule has 5 nitrogen and oxygen atoms in total. The molecule has 122 valence electrons. The van der Waals surface area contributed by atoms with Gasteiger partial charge < -0.3 is 14.5 Å². The monoisotopic (exact) mass is 314 g/mol. The van der Waals surface area contributed by atoms with Gasteiger partial charge in [-0.15, -0.1) is 0 Å². The Morgan fingerprint density at radius 2 is 1.91 bits per heavy atom. The molecule has 0 bridgehead atoms. The third-order valence-electron chi connectivity index (χ3n) is 4.66. The summed E-state index contributed by atoms with van der Waals surface area (Å²) in [5.41, 5.74) is 2.16. The topological polar surface area (TPSA) is 66.6 Å². The van der Waals surface area contributed by atoms with Crippen molar-refractivity contribution in [1.29, 1.82) is 0 Å². The summed E-state index contributed by atoms with van der Waals surface area (Å²) in [5.74, 6) is 0.735. The van der Waals surface area contributed by atoms with Crippen LogP contribution in [-0.2, 0) is 0 Å². The Morgan fingerprint density at radius 1 is 1.26 bits per heavy atom. The predicted octanol–water partition coefficient (Wildman–Crippen LogP) is 2.88. The third kappa shape index (κ3) is 3.15. The molecule has 1 N–H and O–H groups in total. The lowest BCUT2D eigenvalue weighted by Gasteiger charge is -2.34. The van der Waals surface area contributed by atoms with Crippen LogP contribution in [0.3, 0.4) is 0 Å². The van der Waals surface area contributed by atoms with E-state index >= 15 is 0 Å². The van der Waals surface area contributed by atoms with Crippen LogP contribution in [0.4, 0.5) is 0 Å². The summed E-state index contributed by atoms with van der Waals surface area (Å²) < 4.78 is 5.09. The molecule has 1 saturated heterocycles. The molecule has 1 amide bonds. The molecule has 0 saturated carbocycles. The largest absolute Gasteiger partial charge is 0.388 e. The fourth-order valence-corrected chi connectivity index (χ4v) is 3.29. The van der Waals surface area contributed by atoms with Crippen LogP contribution in [0, 0.1) is 19.8 Å². The first-order chi connectivity index (χ1) is 11.1. The normalized spacial score (nSPS) is 17.3. The van der Waals surface area contributed by atoms with Crippen molar-refractivity contribution in [2.75, 3.05) is 13.1 Å². The standard InChI is InChI=1S/C18H22N2O3/c1-12-16(13(2)23-19-12)18(22)20-10-8-15(9-11-20)17(21)14-6-4-3-5-7-14/h3-7,15,17,21H,8-11H2,1-2H3. The van der Waals surface area contributed by atoms with Crippen LogP contribution < -0.4 is 0 Å². The molecule has 1 aromatic heterocycles. The number of nitrogens with zero attached hydrogens (tertiary/aromatic N) is 2. The molecule has 1 aliphatic rings. The van der Waals surface area contributed by atoms with E-state index in [4.69, 9.17) is 4.52 Å². The maximum atomic E-state index is 12.6. The summed E-state index contributed by atoms with van der Waals surface area (Å²) in [4.78, 5) is 14.4. The molecule has 5 heteroatoms. The van der Waals surface area contributed by atoms with Crippen molar-refractivity contribution < 1.29 is 14.4 Å². The molecule has 23 heavy (non-hydrogen) atoms. The number of carbonyl (C=O) groups excluding carboxylic acids is 1. The van der Waals surface area contributed by atoms with Gasteiger partial charge in [0.1, 0.15) is 11.3 Å². The number of likely N-dealkylation sites (tertiary alicyclic amines) is 1. The minimum absolute atomic E-state index is 0.0195.